The molecule has 96 valence electrons. The number of amidine groups is 1. The van der Waals surface area contributed by atoms with Crippen LogP contribution >= 0.6 is 0 Å². The van der Waals surface area contributed by atoms with E-state index in [4.69, 9.17) is 0 Å². The van der Waals surface area contributed by atoms with Crippen molar-refractivity contribution in [2.75, 3.05) is 25.0 Å². The van der Waals surface area contributed by atoms with Gasteiger partial charge in [0.25, 0.3) is 5.84 Å². The first-order valence-corrected chi connectivity index (χ1v) is 6.73. The Morgan fingerprint density at radius 3 is 2.32 bits per heavy atom. The lowest BCUT2D eigenvalue weighted by Crippen LogP contribution is -2.29. The molecule has 0 N–H and O–H groups in total. The Balaban J connectivity index is 2.01. The van der Waals surface area contributed by atoms with E-state index in [0.29, 0.717) is 0 Å². The molecule has 0 fully saturated rings. The average molecular weight is 251 g/mol. The van der Waals surface area contributed by atoms with Gasteiger partial charge in [0, 0.05) is 0 Å². The van der Waals surface area contributed by atoms with Crippen molar-refractivity contribution in [2.24, 2.45) is 0 Å². The van der Waals surface area contributed by atoms with Crippen molar-refractivity contribution in [1.82, 2.24) is 0 Å². The van der Waals surface area contributed by atoms with E-state index in [0.717, 1.165) is 13.1 Å². The molecule has 0 aromatic heterocycles. The highest BCUT2D eigenvalue weighted by atomic mass is 15.3. The summed E-state index contributed by atoms with van der Waals surface area (Å²) >= 11 is 0. The number of anilines is 1. The molecule has 19 heavy (non-hydrogen) atoms. The molecular weight excluding hydrogens is 232 g/mol. The average Bonchev–Trinajstić information content (AvgIpc) is 2.82. The van der Waals surface area contributed by atoms with E-state index in [9.17, 15) is 0 Å². The molecule has 0 aliphatic carbocycles. The van der Waals surface area contributed by atoms with Crippen LogP contribution in [0, 0.1) is 6.92 Å². The summed E-state index contributed by atoms with van der Waals surface area (Å²) in [4.78, 5) is 2.40. The number of hydrogen-bond acceptors (Lipinski definition) is 1. The first kappa shape index (κ1) is 12.0. The molecule has 0 amide bonds. The molecule has 0 bridgehead atoms. The van der Waals surface area contributed by atoms with Crippen LogP contribution in [0.1, 0.15) is 11.1 Å². The summed E-state index contributed by atoms with van der Waals surface area (Å²) in [6.07, 6.45) is 0. The van der Waals surface area contributed by atoms with Gasteiger partial charge < -0.3 is 0 Å². The zero-order valence-corrected chi connectivity index (χ0v) is 11.5. The molecule has 0 saturated heterocycles. The van der Waals surface area contributed by atoms with Crippen molar-refractivity contribution in [3.8, 4) is 0 Å². The Morgan fingerprint density at radius 2 is 1.63 bits per heavy atom. The SMILES string of the molecule is Cc1ccc(N2CC[N+](C)=C2c2ccccc2)cc1. The number of likely N-dealkylation sites (N-methyl/N-ethyl adjacent to an activating group) is 1. The third-order valence-electron chi connectivity index (χ3n) is 3.65. The van der Waals surface area contributed by atoms with E-state index < -0.39 is 0 Å². The molecule has 1 aliphatic rings. The maximum Gasteiger partial charge on any atom is 0.284 e. The molecule has 0 atom stereocenters. The molecule has 1 heterocycles. The van der Waals surface area contributed by atoms with E-state index in [1.807, 2.05) is 0 Å². The van der Waals surface area contributed by atoms with Crippen LogP contribution in [-0.2, 0) is 0 Å². The summed E-state index contributed by atoms with van der Waals surface area (Å²) in [5, 5.41) is 0. The van der Waals surface area contributed by atoms with Gasteiger partial charge in [-0.25, -0.2) is 4.90 Å². The molecule has 0 radical (unpaired) electrons. The van der Waals surface area contributed by atoms with Crippen molar-refractivity contribution >= 4 is 11.5 Å². The van der Waals surface area contributed by atoms with Crippen LogP contribution in [0.4, 0.5) is 5.69 Å². The zero-order chi connectivity index (χ0) is 13.2. The van der Waals surface area contributed by atoms with Gasteiger partial charge in [-0.3, -0.25) is 4.58 Å². The van der Waals surface area contributed by atoms with Crippen LogP contribution in [0.2, 0.25) is 0 Å². The van der Waals surface area contributed by atoms with Crippen molar-refractivity contribution in [3.63, 3.8) is 0 Å². The number of rotatable bonds is 2. The fraction of sp³-hybridized carbons (Fsp3) is 0.235. The molecule has 1 aliphatic heterocycles. The van der Waals surface area contributed by atoms with Gasteiger partial charge in [0.1, 0.15) is 18.8 Å². The lowest BCUT2D eigenvalue weighted by atomic mass is 10.1. The molecule has 2 heteroatoms. The molecule has 2 nitrogen and oxygen atoms in total. The van der Waals surface area contributed by atoms with E-state index in [-0.39, 0.29) is 0 Å². The van der Waals surface area contributed by atoms with Crippen molar-refractivity contribution < 1.29 is 4.58 Å². The standard InChI is InChI=1S/C17H19N2/c1-14-8-10-16(11-9-14)19-13-12-18(2)17(19)15-6-4-3-5-7-15/h3-11H,12-13H2,1-2H3/q+1. The van der Waals surface area contributed by atoms with Crippen LogP contribution < -0.4 is 4.90 Å². The molecule has 0 spiro atoms. The molecule has 2 aromatic carbocycles. The lowest BCUT2D eigenvalue weighted by Gasteiger charge is -2.13. The molecule has 2 aromatic rings. The highest BCUT2D eigenvalue weighted by Gasteiger charge is 2.31. The van der Waals surface area contributed by atoms with Gasteiger partial charge in [-0.2, -0.15) is 0 Å². The predicted octanol–water partition coefficient (Wildman–Crippen LogP) is 2.90. The van der Waals surface area contributed by atoms with Gasteiger partial charge in [-0.05, 0) is 31.2 Å². The van der Waals surface area contributed by atoms with Crippen LogP contribution in [0.25, 0.3) is 0 Å². The Kier molecular flexibility index (Phi) is 3.08. The topological polar surface area (TPSA) is 6.25 Å². The third kappa shape index (κ3) is 2.26. The van der Waals surface area contributed by atoms with Gasteiger partial charge in [0.2, 0.25) is 0 Å². The molecule has 0 unspecified atom stereocenters. The van der Waals surface area contributed by atoms with Crippen LogP contribution in [0.3, 0.4) is 0 Å². The summed E-state index contributed by atoms with van der Waals surface area (Å²) in [6, 6.07) is 19.4. The summed E-state index contributed by atoms with van der Waals surface area (Å²) in [5.41, 5.74) is 3.86. The molecule has 3 rings (SSSR count). The first-order chi connectivity index (χ1) is 9.25. The minimum absolute atomic E-state index is 1.05. The minimum Gasteiger partial charge on any atom is -0.260 e. The maximum absolute atomic E-state index is 2.40. The Morgan fingerprint density at radius 1 is 0.947 bits per heavy atom. The third-order valence-corrected chi connectivity index (χ3v) is 3.65. The number of benzene rings is 2. The second-order valence-corrected chi connectivity index (χ2v) is 5.10. The second-order valence-electron chi connectivity index (χ2n) is 5.10. The number of hydrogen-bond donors (Lipinski definition) is 0. The predicted molar refractivity (Wildman–Crippen MR) is 80.1 cm³/mol. The molecule has 0 saturated carbocycles. The van der Waals surface area contributed by atoms with E-state index in [1.54, 1.807) is 0 Å². The van der Waals surface area contributed by atoms with Crippen molar-refractivity contribution in [1.29, 1.82) is 0 Å². The fourth-order valence-electron chi connectivity index (χ4n) is 2.61. The van der Waals surface area contributed by atoms with Gasteiger partial charge in [-0.15, -0.1) is 0 Å². The summed E-state index contributed by atoms with van der Waals surface area (Å²) < 4.78 is 2.33. The van der Waals surface area contributed by atoms with E-state index >= 15 is 0 Å². The van der Waals surface area contributed by atoms with Crippen molar-refractivity contribution in [2.45, 2.75) is 6.92 Å². The number of aryl methyl sites for hydroxylation is 1. The highest BCUT2D eigenvalue weighted by Crippen LogP contribution is 2.20. The lowest BCUT2D eigenvalue weighted by molar-refractivity contribution is -0.485. The zero-order valence-electron chi connectivity index (χ0n) is 11.5. The molecular formula is C17H19N2+. The first-order valence-electron chi connectivity index (χ1n) is 6.73. The summed E-state index contributed by atoms with van der Waals surface area (Å²) in [7, 11) is 2.16. The van der Waals surface area contributed by atoms with Gasteiger partial charge in [0.05, 0.1) is 12.6 Å². The van der Waals surface area contributed by atoms with Gasteiger partial charge >= 0.3 is 0 Å². The number of nitrogens with zero attached hydrogens (tertiary/aromatic N) is 2. The quantitative estimate of drug-likeness (QED) is 0.744. The minimum atomic E-state index is 1.05. The summed E-state index contributed by atoms with van der Waals surface area (Å²) in [5.74, 6) is 1.30. The van der Waals surface area contributed by atoms with Gasteiger partial charge in [-0.1, -0.05) is 35.9 Å². The normalized spacial score (nSPS) is 15.2. The monoisotopic (exact) mass is 251 g/mol. The van der Waals surface area contributed by atoms with Crippen molar-refractivity contribution in [3.05, 3.63) is 65.7 Å². The Bertz CT molecular complexity index is 597. The van der Waals surface area contributed by atoms with Gasteiger partial charge in [0.15, 0.2) is 0 Å². The largest absolute Gasteiger partial charge is 0.284 e. The van der Waals surface area contributed by atoms with E-state index in [1.165, 1.54) is 22.6 Å². The second kappa shape index (κ2) is 4.88. The smallest absolute Gasteiger partial charge is 0.260 e. The summed E-state index contributed by atoms with van der Waals surface area (Å²) in [6.45, 7) is 4.24. The fourth-order valence-corrected chi connectivity index (χ4v) is 2.61. The van der Waals surface area contributed by atoms with Crippen LogP contribution in [0.15, 0.2) is 54.6 Å². The highest BCUT2D eigenvalue weighted by molar-refractivity contribution is 6.07. The maximum atomic E-state index is 2.40. The Labute approximate surface area is 114 Å². The van der Waals surface area contributed by atoms with Crippen LogP contribution in [-0.4, -0.2) is 30.5 Å². The Hall–Kier alpha value is -2.09. The van der Waals surface area contributed by atoms with E-state index in [2.05, 4.69) is 78.0 Å². The van der Waals surface area contributed by atoms with Crippen LogP contribution in [0.5, 0.6) is 0 Å².